The SMILES string of the molecule is O=C(NCCc1cccs1)[C@]1(O)CCN(Cc2ccccc2)C1=O. The molecule has 6 heteroatoms. The molecular formula is C18H20N2O3S. The minimum atomic E-state index is -1.94. The molecule has 1 atom stereocenters. The predicted molar refractivity (Wildman–Crippen MR) is 92.5 cm³/mol. The van der Waals surface area contributed by atoms with Crippen molar-refractivity contribution in [3.63, 3.8) is 0 Å². The number of hydrogen-bond acceptors (Lipinski definition) is 4. The zero-order chi connectivity index (χ0) is 17.0. The lowest BCUT2D eigenvalue weighted by atomic mass is 10.0. The quantitative estimate of drug-likeness (QED) is 0.782. The van der Waals surface area contributed by atoms with E-state index in [9.17, 15) is 14.7 Å². The molecule has 0 saturated carbocycles. The van der Waals surface area contributed by atoms with Crippen molar-refractivity contribution in [3.8, 4) is 0 Å². The van der Waals surface area contributed by atoms with Gasteiger partial charge in [-0.05, 0) is 23.4 Å². The molecule has 1 aromatic carbocycles. The molecule has 0 unspecified atom stereocenters. The Hall–Kier alpha value is -2.18. The van der Waals surface area contributed by atoms with Gasteiger partial charge >= 0.3 is 0 Å². The Morgan fingerprint density at radius 3 is 2.75 bits per heavy atom. The lowest BCUT2D eigenvalue weighted by Crippen LogP contribution is -2.52. The highest BCUT2D eigenvalue weighted by molar-refractivity contribution is 7.09. The van der Waals surface area contributed by atoms with Crippen LogP contribution in [0.15, 0.2) is 47.8 Å². The van der Waals surface area contributed by atoms with Crippen molar-refractivity contribution < 1.29 is 14.7 Å². The molecule has 1 aliphatic rings. The van der Waals surface area contributed by atoms with E-state index >= 15 is 0 Å². The van der Waals surface area contributed by atoms with Crippen LogP contribution in [0.3, 0.4) is 0 Å². The predicted octanol–water partition coefficient (Wildman–Crippen LogP) is 1.57. The summed E-state index contributed by atoms with van der Waals surface area (Å²) in [6, 6.07) is 13.5. The molecular weight excluding hydrogens is 324 g/mol. The van der Waals surface area contributed by atoms with Crippen LogP contribution in [0.5, 0.6) is 0 Å². The van der Waals surface area contributed by atoms with E-state index in [0.29, 0.717) is 26.1 Å². The molecule has 2 aromatic rings. The first-order chi connectivity index (χ1) is 11.6. The zero-order valence-corrected chi connectivity index (χ0v) is 14.1. The van der Waals surface area contributed by atoms with Crippen LogP contribution in [-0.4, -0.2) is 40.5 Å². The zero-order valence-electron chi connectivity index (χ0n) is 13.3. The summed E-state index contributed by atoms with van der Waals surface area (Å²) in [5, 5.41) is 15.2. The number of aliphatic hydroxyl groups is 1. The maximum absolute atomic E-state index is 12.5. The number of benzene rings is 1. The lowest BCUT2D eigenvalue weighted by molar-refractivity contribution is -0.154. The molecule has 3 rings (SSSR count). The van der Waals surface area contributed by atoms with Crippen LogP contribution in [0, 0.1) is 0 Å². The van der Waals surface area contributed by atoms with Gasteiger partial charge in [0.15, 0.2) is 0 Å². The summed E-state index contributed by atoms with van der Waals surface area (Å²) >= 11 is 1.62. The van der Waals surface area contributed by atoms with Crippen LogP contribution in [0.25, 0.3) is 0 Å². The molecule has 126 valence electrons. The number of thiophene rings is 1. The Kier molecular flexibility index (Phi) is 4.97. The van der Waals surface area contributed by atoms with E-state index in [0.717, 1.165) is 10.4 Å². The highest BCUT2D eigenvalue weighted by atomic mass is 32.1. The van der Waals surface area contributed by atoms with Gasteiger partial charge in [-0.3, -0.25) is 9.59 Å². The molecule has 1 aromatic heterocycles. The molecule has 0 aliphatic carbocycles. The Bertz CT molecular complexity index is 702. The Balaban J connectivity index is 1.56. The van der Waals surface area contributed by atoms with Crippen molar-refractivity contribution in [1.29, 1.82) is 0 Å². The van der Waals surface area contributed by atoms with Gasteiger partial charge in [-0.25, -0.2) is 0 Å². The number of hydrogen-bond donors (Lipinski definition) is 2. The first-order valence-electron chi connectivity index (χ1n) is 7.96. The molecule has 5 nitrogen and oxygen atoms in total. The molecule has 2 heterocycles. The molecule has 0 radical (unpaired) electrons. The number of rotatable bonds is 6. The third kappa shape index (κ3) is 3.49. The third-order valence-corrected chi connectivity index (χ3v) is 5.15. The summed E-state index contributed by atoms with van der Waals surface area (Å²) in [6.07, 6.45) is 0.824. The fourth-order valence-electron chi connectivity index (χ4n) is 2.83. The number of likely N-dealkylation sites (tertiary alicyclic amines) is 1. The summed E-state index contributed by atoms with van der Waals surface area (Å²) < 4.78 is 0. The molecule has 1 aliphatic heterocycles. The van der Waals surface area contributed by atoms with E-state index in [1.807, 2.05) is 47.8 Å². The third-order valence-electron chi connectivity index (χ3n) is 4.21. The minimum absolute atomic E-state index is 0.128. The summed E-state index contributed by atoms with van der Waals surface area (Å²) in [6.45, 7) is 1.20. The summed E-state index contributed by atoms with van der Waals surface area (Å²) in [5.41, 5.74) is -0.960. The monoisotopic (exact) mass is 344 g/mol. The topological polar surface area (TPSA) is 69.6 Å². The summed E-state index contributed by atoms with van der Waals surface area (Å²) in [5.74, 6) is -1.11. The molecule has 2 N–H and O–H groups in total. The number of nitrogens with zero attached hydrogens (tertiary/aromatic N) is 1. The minimum Gasteiger partial charge on any atom is -0.372 e. The van der Waals surface area contributed by atoms with Crippen molar-refractivity contribution in [2.75, 3.05) is 13.1 Å². The Labute approximate surface area is 144 Å². The normalized spacial score (nSPS) is 20.4. The molecule has 0 spiro atoms. The van der Waals surface area contributed by atoms with Gasteiger partial charge < -0.3 is 15.3 Å². The Morgan fingerprint density at radius 2 is 2.04 bits per heavy atom. The fraction of sp³-hybridized carbons (Fsp3) is 0.333. The second-order valence-corrected chi connectivity index (χ2v) is 6.94. The van der Waals surface area contributed by atoms with Crippen LogP contribution >= 0.6 is 11.3 Å². The van der Waals surface area contributed by atoms with Gasteiger partial charge in [-0.1, -0.05) is 36.4 Å². The maximum atomic E-state index is 12.5. The molecule has 0 bridgehead atoms. The number of nitrogens with one attached hydrogen (secondary N) is 1. The van der Waals surface area contributed by atoms with Crippen LogP contribution in [0.4, 0.5) is 0 Å². The van der Waals surface area contributed by atoms with Gasteiger partial charge in [0.2, 0.25) is 5.60 Å². The van der Waals surface area contributed by atoms with Gasteiger partial charge in [0.05, 0.1) is 0 Å². The van der Waals surface area contributed by atoms with E-state index in [1.54, 1.807) is 11.3 Å². The van der Waals surface area contributed by atoms with E-state index in [2.05, 4.69) is 5.32 Å². The lowest BCUT2D eigenvalue weighted by Gasteiger charge is -2.21. The van der Waals surface area contributed by atoms with E-state index in [4.69, 9.17) is 0 Å². The van der Waals surface area contributed by atoms with Gasteiger partial charge in [-0.15, -0.1) is 11.3 Å². The number of carbonyl (C=O) groups is 2. The van der Waals surface area contributed by atoms with E-state index in [-0.39, 0.29) is 6.42 Å². The highest BCUT2D eigenvalue weighted by Crippen LogP contribution is 2.25. The maximum Gasteiger partial charge on any atom is 0.264 e. The van der Waals surface area contributed by atoms with Gasteiger partial charge in [-0.2, -0.15) is 0 Å². The molecule has 2 amide bonds. The number of carbonyl (C=O) groups excluding carboxylic acids is 2. The molecule has 1 fully saturated rings. The molecule has 1 saturated heterocycles. The van der Waals surface area contributed by atoms with Crippen molar-refractivity contribution in [1.82, 2.24) is 10.2 Å². The van der Waals surface area contributed by atoms with Gasteiger partial charge in [0.1, 0.15) is 0 Å². The van der Waals surface area contributed by atoms with Crippen LogP contribution < -0.4 is 5.32 Å². The van der Waals surface area contributed by atoms with Crippen molar-refractivity contribution in [2.45, 2.75) is 25.0 Å². The number of amides is 2. The van der Waals surface area contributed by atoms with Gasteiger partial charge in [0, 0.05) is 30.9 Å². The van der Waals surface area contributed by atoms with Crippen molar-refractivity contribution in [3.05, 3.63) is 58.3 Å². The average Bonchev–Trinajstić information content (AvgIpc) is 3.20. The van der Waals surface area contributed by atoms with Crippen molar-refractivity contribution >= 4 is 23.2 Å². The largest absolute Gasteiger partial charge is 0.372 e. The summed E-state index contributed by atoms with van der Waals surface area (Å²) in [4.78, 5) is 27.5. The van der Waals surface area contributed by atoms with Crippen LogP contribution in [0.2, 0.25) is 0 Å². The fourth-order valence-corrected chi connectivity index (χ4v) is 3.54. The second kappa shape index (κ2) is 7.15. The van der Waals surface area contributed by atoms with E-state index < -0.39 is 17.4 Å². The van der Waals surface area contributed by atoms with Crippen molar-refractivity contribution in [2.24, 2.45) is 0 Å². The van der Waals surface area contributed by atoms with E-state index in [1.165, 1.54) is 4.90 Å². The second-order valence-electron chi connectivity index (χ2n) is 5.91. The van der Waals surface area contributed by atoms with Crippen LogP contribution in [0.1, 0.15) is 16.9 Å². The first kappa shape index (κ1) is 16.7. The average molecular weight is 344 g/mol. The van der Waals surface area contributed by atoms with Gasteiger partial charge in [0.25, 0.3) is 11.8 Å². The summed E-state index contributed by atoms with van der Waals surface area (Å²) in [7, 11) is 0. The smallest absolute Gasteiger partial charge is 0.264 e. The standard InChI is InChI=1S/C18H20N2O3S/c21-16(19-10-8-15-7-4-12-24-15)18(23)9-11-20(17(18)22)13-14-5-2-1-3-6-14/h1-7,12,23H,8-11,13H2,(H,19,21)/t18-/m1/s1. The first-order valence-corrected chi connectivity index (χ1v) is 8.84. The Morgan fingerprint density at radius 1 is 1.25 bits per heavy atom. The molecule has 24 heavy (non-hydrogen) atoms. The highest BCUT2D eigenvalue weighted by Gasteiger charge is 2.51. The van der Waals surface area contributed by atoms with Crippen LogP contribution in [-0.2, 0) is 22.6 Å².